The van der Waals surface area contributed by atoms with E-state index in [1.54, 1.807) is 0 Å². The normalized spacial score (nSPS) is 12.5. The highest BCUT2D eigenvalue weighted by atomic mass is 32.2. The molecule has 0 aliphatic carbocycles. The quantitative estimate of drug-likeness (QED) is 0.206. The minimum absolute atomic E-state index is 0.205. The fraction of sp³-hybridized carbons (Fsp3) is 0.200. The highest BCUT2D eigenvalue weighted by molar-refractivity contribution is 7.86. The smallest absolute Gasteiger partial charge is 0.150 e. The Morgan fingerprint density at radius 3 is 2.03 bits per heavy atom. The SMILES string of the molecule is O=S(Nc1ccc(CCNC[C@H](O)COc2ccc(OCc3ccccc3)cc2)cc1)c1ccccc1. The number of rotatable bonds is 14. The summed E-state index contributed by atoms with van der Waals surface area (Å²) >= 11 is 0. The van der Waals surface area contributed by atoms with Crippen molar-refractivity contribution in [3.8, 4) is 11.5 Å². The molecule has 0 heterocycles. The van der Waals surface area contributed by atoms with Gasteiger partial charge in [0.25, 0.3) is 0 Å². The maximum Gasteiger partial charge on any atom is 0.150 e. The summed E-state index contributed by atoms with van der Waals surface area (Å²) in [5.74, 6) is 1.46. The van der Waals surface area contributed by atoms with Crippen LogP contribution in [0.25, 0.3) is 0 Å². The van der Waals surface area contributed by atoms with E-state index in [1.807, 2.05) is 109 Å². The molecule has 37 heavy (non-hydrogen) atoms. The average molecular weight is 517 g/mol. The summed E-state index contributed by atoms with van der Waals surface area (Å²) in [6, 6.07) is 34.6. The van der Waals surface area contributed by atoms with Crippen LogP contribution in [0, 0.1) is 0 Å². The van der Waals surface area contributed by atoms with E-state index < -0.39 is 17.1 Å². The lowest BCUT2D eigenvalue weighted by Crippen LogP contribution is -2.32. The number of nitrogens with one attached hydrogen (secondary N) is 2. The molecule has 0 bridgehead atoms. The van der Waals surface area contributed by atoms with Crippen molar-refractivity contribution in [2.75, 3.05) is 24.4 Å². The molecule has 0 fully saturated rings. The van der Waals surface area contributed by atoms with Crippen molar-refractivity contribution in [1.82, 2.24) is 5.32 Å². The van der Waals surface area contributed by atoms with Gasteiger partial charge in [-0.3, -0.25) is 0 Å². The molecule has 4 aromatic carbocycles. The molecular weight excluding hydrogens is 484 g/mol. The summed E-state index contributed by atoms with van der Waals surface area (Å²) in [6.45, 7) is 1.89. The molecule has 0 aliphatic rings. The van der Waals surface area contributed by atoms with Gasteiger partial charge in [0.15, 0.2) is 0 Å². The molecule has 192 valence electrons. The van der Waals surface area contributed by atoms with Crippen molar-refractivity contribution in [3.63, 3.8) is 0 Å². The third kappa shape index (κ3) is 9.06. The summed E-state index contributed by atoms with van der Waals surface area (Å²) in [5, 5.41) is 13.5. The van der Waals surface area contributed by atoms with Crippen LogP contribution in [-0.4, -0.2) is 35.1 Å². The van der Waals surface area contributed by atoms with Gasteiger partial charge < -0.3 is 24.6 Å². The lowest BCUT2D eigenvalue weighted by molar-refractivity contribution is 0.106. The highest BCUT2D eigenvalue weighted by Gasteiger charge is 2.06. The lowest BCUT2D eigenvalue weighted by Gasteiger charge is -2.14. The Kier molecular flexibility index (Phi) is 10.1. The van der Waals surface area contributed by atoms with E-state index in [1.165, 1.54) is 0 Å². The van der Waals surface area contributed by atoms with Crippen molar-refractivity contribution in [1.29, 1.82) is 0 Å². The first-order valence-corrected chi connectivity index (χ1v) is 13.4. The number of aliphatic hydroxyl groups is 1. The minimum atomic E-state index is -1.29. The van der Waals surface area contributed by atoms with E-state index >= 15 is 0 Å². The monoisotopic (exact) mass is 516 g/mol. The van der Waals surface area contributed by atoms with E-state index in [-0.39, 0.29) is 6.61 Å². The number of hydrogen-bond acceptors (Lipinski definition) is 5. The standard InChI is InChI=1S/C30H32N2O4S/c33-27(23-36-29-17-15-28(16-18-29)35-22-25-7-3-1-4-8-25)21-31-20-19-24-11-13-26(14-12-24)32-37(34)30-9-5-2-6-10-30/h1-18,27,31-33H,19-23H2/t27-,37?/m0/s1. The number of aliphatic hydroxyl groups excluding tert-OH is 1. The second-order valence-electron chi connectivity index (χ2n) is 8.55. The first-order chi connectivity index (χ1) is 18.2. The summed E-state index contributed by atoms with van der Waals surface area (Å²) in [7, 11) is -1.29. The molecule has 4 aromatic rings. The van der Waals surface area contributed by atoms with Crippen LogP contribution in [0.15, 0.2) is 114 Å². The second kappa shape index (κ2) is 14.2. The van der Waals surface area contributed by atoms with Gasteiger partial charge in [0, 0.05) is 12.2 Å². The zero-order valence-electron chi connectivity index (χ0n) is 20.6. The maximum absolute atomic E-state index is 12.4. The molecule has 7 heteroatoms. The van der Waals surface area contributed by atoms with Gasteiger partial charge in [-0.2, -0.15) is 0 Å². The van der Waals surface area contributed by atoms with Crippen LogP contribution in [0.2, 0.25) is 0 Å². The fourth-order valence-corrected chi connectivity index (χ4v) is 4.45. The predicted molar refractivity (Wildman–Crippen MR) is 148 cm³/mol. The average Bonchev–Trinajstić information content (AvgIpc) is 2.95. The molecule has 0 aliphatic heterocycles. The minimum Gasteiger partial charge on any atom is -0.491 e. The third-order valence-electron chi connectivity index (χ3n) is 5.61. The Bertz CT molecular complexity index is 1220. The largest absolute Gasteiger partial charge is 0.491 e. The van der Waals surface area contributed by atoms with Gasteiger partial charge in [-0.25, -0.2) is 4.21 Å². The zero-order valence-corrected chi connectivity index (χ0v) is 21.4. The van der Waals surface area contributed by atoms with Gasteiger partial charge in [-0.15, -0.1) is 0 Å². The third-order valence-corrected chi connectivity index (χ3v) is 6.73. The van der Waals surface area contributed by atoms with Crippen molar-refractivity contribution in [2.45, 2.75) is 24.0 Å². The number of hydrogen-bond donors (Lipinski definition) is 3. The fourth-order valence-electron chi connectivity index (χ4n) is 3.58. The van der Waals surface area contributed by atoms with Gasteiger partial charge in [0.05, 0.1) is 4.90 Å². The molecular formula is C30H32N2O4S. The molecule has 1 unspecified atom stereocenters. The Morgan fingerprint density at radius 1 is 0.730 bits per heavy atom. The van der Waals surface area contributed by atoms with Crippen molar-refractivity contribution in [3.05, 3.63) is 120 Å². The summed E-state index contributed by atoms with van der Waals surface area (Å²) in [5.41, 5.74) is 3.08. The van der Waals surface area contributed by atoms with E-state index in [0.29, 0.717) is 18.9 Å². The van der Waals surface area contributed by atoms with Crippen molar-refractivity contribution < 1.29 is 18.8 Å². The second-order valence-corrected chi connectivity index (χ2v) is 9.76. The van der Waals surface area contributed by atoms with Crippen LogP contribution in [0.3, 0.4) is 0 Å². The molecule has 0 radical (unpaired) electrons. The van der Waals surface area contributed by atoms with Gasteiger partial charge in [-0.1, -0.05) is 60.7 Å². The Hall–Kier alpha value is -3.65. The first-order valence-electron chi connectivity index (χ1n) is 12.3. The van der Waals surface area contributed by atoms with Crippen molar-refractivity contribution >= 4 is 16.7 Å². The maximum atomic E-state index is 12.4. The van der Waals surface area contributed by atoms with Crippen molar-refractivity contribution in [2.24, 2.45) is 0 Å². The van der Waals surface area contributed by atoms with Gasteiger partial charge >= 0.3 is 0 Å². The Balaban J connectivity index is 1.10. The van der Waals surface area contributed by atoms with Gasteiger partial charge in [-0.05, 0) is 72.6 Å². The molecule has 0 aromatic heterocycles. The summed E-state index contributed by atoms with van der Waals surface area (Å²) in [4.78, 5) is 0.739. The van der Waals surface area contributed by atoms with Crippen LogP contribution < -0.4 is 19.5 Å². The molecule has 2 atom stereocenters. The Morgan fingerprint density at radius 2 is 1.35 bits per heavy atom. The van der Waals surface area contributed by atoms with E-state index in [9.17, 15) is 9.32 Å². The highest BCUT2D eigenvalue weighted by Crippen LogP contribution is 2.19. The molecule has 0 saturated heterocycles. The molecule has 6 nitrogen and oxygen atoms in total. The van der Waals surface area contributed by atoms with Gasteiger partial charge in [0.1, 0.15) is 41.8 Å². The Labute approximate surface area is 220 Å². The molecule has 4 rings (SSSR count). The summed E-state index contributed by atoms with van der Waals surface area (Å²) < 4.78 is 26.9. The van der Waals surface area contributed by atoms with E-state index in [4.69, 9.17) is 9.47 Å². The summed E-state index contributed by atoms with van der Waals surface area (Å²) in [6.07, 6.45) is 0.202. The van der Waals surface area contributed by atoms with Crippen LogP contribution in [-0.2, 0) is 24.0 Å². The molecule has 0 spiro atoms. The zero-order chi connectivity index (χ0) is 25.7. The van der Waals surface area contributed by atoms with E-state index in [0.717, 1.165) is 40.4 Å². The molecule has 3 N–H and O–H groups in total. The molecule has 0 saturated carbocycles. The van der Waals surface area contributed by atoms with Crippen LogP contribution in [0.5, 0.6) is 11.5 Å². The first kappa shape index (κ1) is 26.4. The van der Waals surface area contributed by atoms with Crippen LogP contribution >= 0.6 is 0 Å². The lowest BCUT2D eigenvalue weighted by atomic mass is 10.1. The topological polar surface area (TPSA) is 79.8 Å². The predicted octanol–water partition coefficient (Wildman–Crippen LogP) is 4.97. The molecule has 0 amide bonds. The van der Waals surface area contributed by atoms with E-state index in [2.05, 4.69) is 10.0 Å². The van der Waals surface area contributed by atoms with Crippen LogP contribution in [0.4, 0.5) is 5.69 Å². The number of benzene rings is 4. The number of ether oxygens (including phenoxy) is 2. The number of anilines is 1. The van der Waals surface area contributed by atoms with Gasteiger partial charge in [0.2, 0.25) is 0 Å². The van der Waals surface area contributed by atoms with Crippen LogP contribution in [0.1, 0.15) is 11.1 Å².